The van der Waals surface area contributed by atoms with Gasteiger partial charge in [0.15, 0.2) is 0 Å². The summed E-state index contributed by atoms with van der Waals surface area (Å²) in [6.45, 7) is 0. The quantitative estimate of drug-likeness (QED) is 0.790. The summed E-state index contributed by atoms with van der Waals surface area (Å²) in [5.74, 6) is -1.74. The molecule has 4 heteroatoms. The molecule has 0 aliphatic heterocycles. The average molecular weight is 264 g/mol. The van der Waals surface area contributed by atoms with Crippen LogP contribution in [0.25, 0.3) is 10.8 Å². The van der Waals surface area contributed by atoms with Crippen molar-refractivity contribution in [2.45, 2.75) is 5.92 Å². The summed E-state index contributed by atoms with van der Waals surface area (Å²) in [5.41, 5.74) is 1.17. The Bertz CT molecular complexity index is 751. The van der Waals surface area contributed by atoms with E-state index in [9.17, 15) is 9.90 Å². The van der Waals surface area contributed by atoms with Gasteiger partial charge >= 0.3 is 5.97 Å². The van der Waals surface area contributed by atoms with Crippen LogP contribution in [0.3, 0.4) is 0 Å². The second-order valence-electron chi connectivity index (χ2n) is 4.50. The minimum atomic E-state index is -0.929. The van der Waals surface area contributed by atoms with E-state index < -0.39 is 11.9 Å². The van der Waals surface area contributed by atoms with Crippen molar-refractivity contribution in [1.82, 2.24) is 10.2 Å². The molecule has 0 aliphatic rings. The van der Waals surface area contributed by atoms with Crippen LogP contribution in [-0.2, 0) is 4.79 Å². The molecule has 98 valence electrons. The first-order valence-corrected chi connectivity index (χ1v) is 6.25. The molecule has 0 spiro atoms. The van der Waals surface area contributed by atoms with Crippen molar-refractivity contribution < 1.29 is 9.90 Å². The lowest BCUT2D eigenvalue weighted by Crippen LogP contribution is -2.15. The molecule has 20 heavy (non-hydrogen) atoms. The first-order chi connectivity index (χ1) is 9.77. The minimum Gasteiger partial charge on any atom is -0.480 e. The standard InChI is InChI=1S/C16H12N2O2/c19-16(20)14(11-6-2-1-3-7-11)15-13-9-5-4-8-12(13)10-17-18-15/h1-10,14H,(H,19,20). The SMILES string of the molecule is O=C(O)C(c1ccccc1)c1nncc2ccccc12. The molecule has 1 atom stereocenters. The van der Waals surface area contributed by atoms with Gasteiger partial charge in [0.25, 0.3) is 0 Å². The van der Waals surface area contributed by atoms with E-state index in [2.05, 4.69) is 10.2 Å². The van der Waals surface area contributed by atoms with E-state index in [0.717, 1.165) is 10.8 Å². The van der Waals surface area contributed by atoms with E-state index >= 15 is 0 Å². The molecule has 4 nitrogen and oxygen atoms in total. The number of fused-ring (bicyclic) bond motifs is 1. The van der Waals surface area contributed by atoms with Crippen LogP contribution < -0.4 is 0 Å². The summed E-state index contributed by atoms with van der Waals surface area (Å²) in [4.78, 5) is 11.7. The fourth-order valence-corrected chi connectivity index (χ4v) is 2.33. The van der Waals surface area contributed by atoms with Crippen LogP contribution in [0.4, 0.5) is 0 Å². The molecule has 1 N–H and O–H groups in total. The normalized spacial score (nSPS) is 12.2. The number of benzene rings is 2. The maximum Gasteiger partial charge on any atom is 0.317 e. The number of carbonyl (C=O) groups is 1. The molecular weight excluding hydrogens is 252 g/mol. The second-order valence-corrected chi connectivity index (χ2v) is 4.50. The molecule has 0 saturated carbocycles. The predicted molar refractivity (Wildman–Crippen MR) is 75.5 cm³/mol. The first kappa shape index (κ1) is 12.3. The third-order valence-electron chi connectivity index (χ3n) is 3.25. The van der Waals surface area contributed by atoms with Crippen molar-refractivity contribution in [1.29, 1.82) is 0 Å². The molecule has 3 aromatic rings. The number of nitrogens with zero attached hydrogens (tertiary/aromatic N) is 2. The Hall–Kier alpha value is -2.75. The van der Waals surface area contributed by atoms with Crippen LogP contribution in [0, 0.1) is 0 Å². The van der Waals surface area contributed by atoms with Crippen molar-refractivity contribution in [3.05, 3.63) is 72.1 Å². The van der Waals surface area contributed by atoms with E-state index in [0.29, 0.717) is 11.3 Å². The third-order valence-corrected chi connectivity index (χ3v) is 3.25. The molecule has 0 fully saturated rings. The zero-order chi connectivity index (χ0) is 13.9. The molecule has 0 bridgehead atoms. The molecular formula is C16H12N2O2. The number of carboxylic acids is 1. The zero-order valence-corrected chi connectivity index (χ0v) is 10.6. The highest BCUT2D eigenvalue weighted by Crippen LogP contribution is 2.28. The van der Waals surface area contributed by atoms with E-state index in [4.69, 9.17) is 0 Å². The van der Waals surface area contributed by atoms with Gasteiger partial charge in [0.2, 0.25) is 0 Å². The van der Waals surface area contributed by atoms with Gasteiger partial charge in [0.1, 0.15) is 5.92 Å². The Balaban J connectivity index is 2.23. The highest BCUT2D eigenvalue weighted by atomic mass is 16.4. The van der Waals surface area contributed by atoms with Gasteiger partial charge in [-0.2, -0.15) is 10.2 Å². The van der Waals surface area contributed by atoms with Gasteiger partial charge in [-0.25, -0.2) is 0 Å². The maximum atomic E-state index is 11.7. The summed E-state index contributed by atoms with van der Waals surface area (Å²) in [6.07, 6.45) is 1.64. The highest BCUT2D eigenvalue weighted by Gasteiger charge is 2.25. The van der Waals surface area contributed by atoms with Crippen molar-refractivity contribution in [3.8, 4) is 0 Å². The molecule has 1 unspecified atom stereocenters. The number of aliphatic carboxylic acids is 1. The smallest absolute Gasteiger partial charge is 0.317 e. The van der Waals surface area contributed by atoms with Crippen molar-refractivity contribution >= 4 is 16.7 Å². The maximum absolute atomic E-state index is 11.7. The lowest BCUT2D eigenvalue weighted by atomic mass is 9.93. The lowest BCUT2D eigenvalue weighted by molar-refractivity contribution is -0.137. The summed E-state index contributed by atoms with van der Waals surface area (Å²) >= 11 is 0. The minimum absolute atomic E-state index is 0.474. The monoisotopic (exact) mass is 264 g/mol. The van der Waals surface area contributed by atoms with Crippen LogP contribution in [0.1, 0.15) is 17.2 Å². The van der Waals surface area contributed by atoms with E-state index in [1.54, 1.807) is 18.3 Å². The Morgan fingerprint density at radius 1 is 1.00 bits per heavy atom. The summed E-state index contributed by atoms with van der Waals surface area (Å²) < 4.78 is 0. The van der Waals surface area contributed by atoms with Crippen molar-refractivity contribution in [2.24, 2.45) is 0 Å². The van der Waals surface area contributed by atoms with E-state index in [-0.39, 0.29) is 0 Å². The summed E-state index contributed by atoms with van der Waals surface area (Å²) in [5, 5.41) is 19.3. The van der Waals surface area contributed by atoms with Gasteiger partial charge in [0, 0.05) is 10.8 Å². The van der Waals surface area contributed by atoms with Crippen molar-refractivity contribution in [2.75, 3.05) is 0 Å². The van der Waals surface area contributed by atoms with E-state index in [1.807, 2.05) is 42.5 Å². The Kier molecular flexibility index (Phi) is 3.13. The molecule has 0 radical (unpaired) electrons. The van der Waals surface area contributed by atoms with Gasteiger partial charge in [-0.15, -0.1) is 0 Å². The lowest BCUT2D eigenvalue weighted by Gasteiger charge is -2.13. The van der Waals surface area contributed by atoms with Crippen LogP contribution >= 0.6 is 0 Å². The molecule has 0 saturated heterocycles. The Labute approximate surface area is 115 Å². The summed E-state index contributed by atoms with van der Waals surface area (Å²) in [6, 6.07) is 16.6. The molecule has 1 heterocycles. The van der Waals surface area contributed by atoms with Gasteiger partial charge in [0.05, 0.1) is 11.9 Å². The number of carboxylic acid groups (broad SMARTS) is 1. The van der Waals surface area contributed by atoms with Gasteiger partial charge in [-0.3, -0.25) is 4.79 Å². The van der Waals surface area contributed by atoms with Crippen LogP contribution in [0.5, 0.6) is 0 Å². The Morgan fingerprint density at radius 2 is 1.70 bits per heavy atom. The largest absolute Gasteiger partial charge is 0.480 e. The number of rotatable bonds is 3. The molecule has 2 aromatic carbocycles. The predicted octanol–water partition coefficient (Wildman–Crippen LogP) is 2.85. The fraction of sp³-hybridized carbons (Fsp3) is 0.0625. The van der Waals surface area contributed by atoms with Gasteiger partial charge in [-0.1, -0.05) is 54.6 Å². The molecule has 0 aliphatic carbocycles. The van der Waals surface area contributed by atoms with Crippen molar-refractivity contribution in [3.63, 3.8) is 0 Å². The van der Waals surface area contributed by atoms with Crippen LogP contribution in [-0.4, -0.2) is 21.3 Å². The summed E-state index contributed by atoms with van der Waals surface area (Å²) in [7, 11) is 0. The molecule has 3 rings (SSSR count). The highest BCUT2D eigenvalue weighted by molar-refractivity contribution is 5.90. The second kappa shape index (κ2) is 5.09. The molecule has 1 aromatic heterocycles. The van der Waals surface area contributed by atoms with Crippen LogP contribution in [0.15, 0.2) is 60.8 Å². The van der Waals surface area contributed by atoms with E-state index in [1.165, 1.54) is 0 Å². The number of aromatic nitrogens is 2. The number of hydrogen-bond acceptors (Lipinski definition) is 3. The van der Waals surface area contributed by atoms with Gasteiger partial charge < -0.3 is 5.11 Å². The third kappa shape index (κ3) is 2.12. The number of hydrogen-bond donors (Lipinski definition) is 1. The van der Waals surface area contributed by atoms with Gasteiger partial charge in [-0.05, 0) is 5.56 Å². The van der Waals surface area contributed by atoms with Crippen LogP contribution in [0.2, 0.25) is 0 Å². The Morgan fingerprint density at radius 3 is 2.45 bits per heavy atom. The average Bonchev–Trinajstić information content (AvgIpc) is 2.48. The fourth-order valence-electron chi connectivity index (χ4n) is 2.33. The zero-order valence-electron chi connectivity index (χ0n) is 10.6. The molecule has 0 amide bonds. The topological polar surface area (TPSA) is 63.1 Å². The first-order valence-electron chi connectivity index (χ1n) is 6.25.